The fourth-order valence-electron chi connectivity index (χ4n) is 1.94. The molecule has 0 aliphatic rings. The average Bonchev–Trinajstić information content (AvgIpc) is 2.52. The first-order chi connectivity index (χ1) is 9.78. The van der Waals surface area contributed by atoms with Gasteiger partial charge in [0.1, 0.15) is 0 Å². The molecule has 0 aliphatic carbocycles. The molecule has 0 heterocycles. The molecule has 2 aromatic rings. The Hall–Kier alpha value is -2.60. The van der Waals surface area contributed by atoms with Gasteiger partial charge in [-0.05, 0) is 29.7 Å². The molecule has 0 aliphatic heterocycles. The third kappa shape index (κ3) is 4.25. The van der Waals surface area contributed by atoms with Crippen molar-refractivity contribution in [1.82, 2.24) is 5.32 Å². The number of amides is 1. The Morgan fingerprint density at radius 2 is 1.80 bits per heavy atom. The first-order valence-corrected chi connectivity index (χ1v) is 6.57. The highest BCUT2D eigenvalue weighted by atomic mass is 16.1. The van der Waals surface area contributed by atoms with E-state index in [9.17, 15) is 4.79 Å². The second-order valence-electron chi connectivity index (χ2n) is 4.57. The van der Waals surface area contributed by atoms with E-state index in [1.165, 1.54) is 0 Å². The quantitative estimate of drug-likeness (QED) is 0.902. The van der Waals surface area contributed by atoms with Crippen LogP contribution in [0.2, 0.25) is 0 Å². The summed E-state index contributed by atoms with van der Waals surface area (Å²) in [5.41, 5.74) is 2.72. The molecule has 2 rings (SSSR count). The van der Waals surface area contributed by atoms with Crippen molar-refractivity contribution in [3.05, 3.63) is 71.3 Å². The molecule has 0 saturated carbocycles. The number of carbonyl (C=O) groups is 1. The van der Waals surface area contributed by atoms with E-state index >= 15 is 0 Å². The van der Waals surface area contributed by atoms with Gasteiger partial charge in [-0.2, -0.15) is 5.26 Å². The van der Waals surface area contributed by atoms with E-state index in [4.69, 9.17) is 5.26 Å². The predicted octanol–water partition coefficient (Wildman–Crippen LogP) is 2.81. The lowest BCUT2D eigenvalue weighted by molar-refractivity contribution is -0.121. The van der Waals surface area contributed by atoms with Crippen LogP contribution >= 0.6 is 0 Å². The van der Waals surface area contributed by atoms with Gasteiger partial charge in [0, 0.05) is 13.0 Å². The summed E-state index contributed by atoms with van der Waals surface area (Å²) in [4.78, 5) is 11.8. The van der Waals surface area contributed by atoms with E-state index in [0.29, 0.717) is 18.5 Å². The summed E-state index contributed by atoms with van der Waals surface area (Å²) in [5, 5.41) is 11.7. The Bertz CT molecular complexity index is 614. The lowest BCUT2D eigenvalue weighted by Gasteiger charge is -2.06. The zero-order valence-corrected chi connectivity index (χ0v) is 11.2. The Morgan fingerprint density at radius 3 is 2.55 bits per heavy atom. The molecule has 3 heteroatoms. The largest absolute Gasteiger partial charge is 0.352 e. The number of nitrogens with zero attached hydrogens (tertiary/aromatic N) is 1. The Labute approximate surface area is 118 Å². The van der Waals surface area contributed by atoms with Crippen molar-refractivity contribution >= 4 is 5.91 Å². The van der Waals surface area contributed by atoms with E-state index < -0.39 is 0 Å². The van der Waals surface area contributed by atoms with Crippen molar-refractivity contribution in [1.29, 1.82) is 5.26 Å². The Balaban J connectivity index is 1.79. The number of carbonyl (C=O) groups excluding carboxylic acids is 1. The molecule has 2 aromatic carbocycles. The second kappa shape index (κ2) is 7.10. The summed E-state index contributed by atoms with van der Waals surface area (Å²) in [5.74, 6) is 0.0243. The van der Waals surface area contributed by atoms with Gasteiger partial charge in [0.2, 0.25) is 5.91 Å². The number of hydrogen-bond acceptors (Lipinski definition) is 2. The number of nitrogens with one attached hydrogen (secondary N) is 1. The zero-order valence-electron chi connectivity index (χ0n) is 11.2. The zero-order chi connectivity index (χ0) is 14.2. The monoisotopic (exact) mass is 264 g/mol. The van der Waals surface area contributed by atoms with Crippen LogP contribution in [0.3, 0.4) is 0 Å². The molecular formula is C17H16N2O. The minimum absolute atomic E-state index is 0.0243. The van der Waals surface area contributed by atoms with Crippen molar-refractivity contribution in [3.63, 3.8) is 0 Å². The lowest BCUT2D eigenvalue weighted by Crippen LogP contribution is -2.23. The van der Waals surface area contributed by atoms with Crippen LogP contribution in [0.1, 0.15) is 23.1 Å². The fraction of sp³-hybridized carbons (Fsp3) is 0.176. The predicted molar refractivity (Wildman–Crippen MR) is 77.8 cm³/mol. The van der Waals surface area contributed by atoms with E-state index in [2.05, 4.69) is 11.4 Å². The summed E-state index contributed by atoms with van der Waals surface area (Å²) < 4.78 is 0. The normalized spacial score (nSPS) is 9.75. The van der Waals surface area contributed by atoms with Gasteiger partial charge in [0.15, 0.2) is 0 Å². The van der Waals surface area contributed by atoms with E-state index in [-0.39, 0.29) is 5.91 Å². The molecule has 3 nitrogen and oxygen atoms in total. The van der Waals surface area contributed by atoms with Crippen molar-refractivity contribution in [2.24, 2.45) is 0 Å². The molecule has 0 fully saturated rings. The van der Waals surface area contributed by atoms with Crippen molar-refractivity contribution in [2.45, 2.75) is 19.4 Å². The van der Waals surface area contributed by atoms with Gasteiger partial charge < -0.3 is 5.32 Å². The number of hydrogen-bond donors (Lipinski definition) is 1. The molecule has 0 aromatic heterocycles. The summed E-state index contributed by atoms with van der Waals surface area (Å²) in [6.07, 6.45) is 1.22. The molecule has 0 spiro atoms. The van der Waals surface area contributed by atoms with Crippen LogP contribution in [0, 0.1) is 11.3 Å². The average molecular weight is 264 g/mol. The number of benzene rings is 2. The van der Waals surface area contributed by atoms with Crippen molar-refractivity contribution in [3.8, 4) is 6.07 Å². The number of nitriles is 1. The second-order valence-corrected chi connectivity index (χ2v) is 4.57. The molecule has 100 valence electrons. The van der Waals surface area contributed by atoms with E-state index in [1.807, 2.05) is 42.5 Å². The number of aryl methyl sites for hydroxylation is 1. The summed E-state index contributed by atoms with van der Waals surface area (Å²) in [6, 6.07) is 19.3. The maximum Gasteiger partial charge on any atom is 0.220 e. The summed E-state index contributed by atoms with van der Waals surface area (Å²) in [6.45, 7) is 0.461. The fourth-order valence-corrected chi connectivity index (χ4v) is 1.94. The first kappa shape index (κ1) is 13.8. The van der Waals surface area contributed by atoms with E-state index in [1.54, 1.807) is 12.1 Å². The molecule has 1 N–H and O–H groups in total. The van der Waals surface area contributed by atoms with Gasteiger partial charge in [-0.1, -0.05) is 42.5 Å². The Kier molecular flexibility index (Phi) is 4.91. The first-order valence-electron chi connectivity index (χ1n) is 6.57. The van der Waals surface area contributed by atoms with Crippen LogP contribution < -0.4 is 5.32 Å². The highest BCUT2D eigenvalue weighted by molar-refractivity contribution is 5.76. The smallest absolute Gasteiger partial charge is 0.220 e. The van der Waals surface area contributed by atoms with Crippen LogP contribution in [0.4, 0.5) is 0 Å². The topological polar surface area (TPSA) is 52.9 Å². The Morgan fingerprint density at radius 1 is 1.05 bits per heavy atom. The van der Waals surface area contributed by atoms with Crippen LogP contribution in [-0.2, 0) is 17.8 Å². The van der Waals surface area contributed by atoms with Gasteiger partial charge in [0.05, 0.1) is 11.6 Å². The summed E-state index contributed by atoms with van der Waals surface area (Å²) >= 11 is 0. The van der Waals surface area contributed by atoms with Crippen LogP contribution in [-0.4, -0.2) is 5.91 Å². The molecule has 0 bridgehead atoms. The maximum absolute atomic E-state index is 11.8. The van der Waals surface area contributed by atoms with Gasteiger partial charge in [-0.25, -0.2) is 0 Å². The van der Waals surface area contributed by atoms with Gasteiger partial charge >= 0.3 is 0 Å². The lowest BCUT2D eigenvalue weighted by atomic mass is 10.1. The summed E-state index contributed by atoms with van der Waals surface area (Å²) in [7, 11) is 0. The van der Waals surface area contributed by atoms with Gasteiger partial charge in [-0.3, -0.25) is 4.79 Å². The van der Waals surface area contributed by atoms with Crippen molar-refractivity contribution < 1.29 is 4.79 Å². The van der Waals surface area contributed by atoms with Gasteiger partial charge in [-0.15, -0.1) is 0 Å². The highest BCUT2D eigenvalue weighted by Crippen LogP contribution is 2.05. The van der Waals surface area contributed by atoms with Crippen LogP contribution in [0.5, 0.6) is 0 Å². The standard InChI is InChI=1S/C17H16N2O/c18-12-15-7-4-8-16(11-15)13-19-17(20)10-9-14-5-2-1-3-6-14/h1-8,11H,9-10,13H2,(H,19,20). The maximum atomic E-state index is 11.8. The molecule has 20 heavy (non-hydrogen) atoms. The molecular weight excluding hydrogens is 248 g/mol. The van der Waals surface area contributed by atoms with Gasteiger partial charge in [0.25, 0.3) is 0 Å². The number of rotatable bonds is 5. The highest BCUT2D eigenvalue weighted by Gasteiger charge is 2.02. The third-order valence-electron chi connectivity index (χ3n) is 3.03. The third-order valence-corrected chi connectivity index (χ3v) is 3.03. The molecule has 0 saturated heterocycles. The molecule has 0 radical (unpaired) electrons. The minimum Gasteiger partial charge on any atom is -0.352 e. The minimum atomic E-state index is 0.0243. The SMILES string of the molecule is N#Cc1cccc(CNC(=O)CCc2ccccc2)c1. The molecule has 0 unspecified atom stereocenters. The molecule has 1 amide bonds. The van der Waals surface area contributed by atoms with Crippen LogP contribution in [0.25, 0.3) is 0 Å². The van der Waals surface area contributed by atoms with Crippen molar-refractivity contribution in [2.75, 3.05) is 0 Å². The van der Waals surface area contributed by atoms with E-state index in [0.717, 1.165) is 17.5 Å². The molecule has 0 atom stereocenters. The van der Waals surface area contributed by atoms with Crippen LogP contribution in [0.15, 0.2) is 54.6 Å².